The van der Waals surface area contributed by atoms with Gasteiger partial charge in [0.2, 0.25) is 0 Å². The Bertz CT molecular complexity index is 211. The van der Waals surface area contributed by atoms with Crippen molar-refractivity contribution < 1.29 is 0 Å². The van der Waals surface area contributed by atoms with Crippen LogP contribution in [0.3, 0.4) is 0 Å². The van der Waals surface area contributed by atoms with Gasteiger partial charge in [0, 0.05) is 18.6 Å². The van der Waals surface area contributed by atoms with Gasteiger partial charge in [-0.25, -0.2) is 0 Å². The van der Waals surface area contributed by atoms with Crippen LogP contribution in [0.25, 0.3) is 0 Å². The van der Waals surface area contributed by atoms with Crippen LogP contribution in [-0.4, -0.2) is 36.6 Å². The summed E-state index contributed by atoms with van der Waals surface area (Å²) in [6, 6.07) is 1.68. The normalized spacial score (nSPS) is 32.8. The monoisotopic (exact) mass is 238 g/mol. The van der Waals surface area contributed by atoms with Crippen LogP contribution in [0.5, 0.6) is 0 Å². The lowest BCUT2D eigenvalue weighted by molar-refractivity contribution is 0.0993. The molecule has 2 nitrogen and oxygen atoms in total. The van der Waals surface area contributed by atoms with E-state index < -0.39 is 0 Å². The summed E-state index contributed by atoms with van der Waals surface area (Å²) in [5, 5.41) is 3.71. The molecule has 2 heteroatoms. The fraction of sp³-hybridized carbons (Fsp3) is 1.00. The van der Waals surface area contributed by atoms with E-state index in [2.05, 4.69) is 24.1 Å². The van der Waals surface area contributed by atoms with E-state index in [-0.39, 0.29) is 0 Å². The summed E-state index contributed by atoms with van der Waals surface area (Å²) in [5.74, 6) is 0.928. The predicted octanol–water partition coefficient (Wildman–Crippen LogP) is 3.03. The van der Waals surface area contributed by atoms with Crippen molar-refractivity contribution in [1.29, 1.82) is 0 Å². The number of piperidine rings is 1. The van der Waals surface area contributed by atoms with Crippen molar-refractivity contribution in [1.82, 2.24) is 10.2 Å². The highest BCUT2D eigenvalue weighted by molar-refractivity contribution is 4.88. The van der Waals surface area contributed by atoms with Crippen molar-refractivity contribution >= 4 is 0 Å². The Hall–Kier alpha value is -0.0800. The zero-order valence-electron chi connectivity index (χ0n) is 11.8. The van der Waals surface area contributed by atoms with E-state index in [4.69, 9.17) is 0 Å². The summed E-state index contributed by atoms with van der Waals surface area (Å²) in [6.45, 7) is 8.64. The van der Waals surface area contributed by atoms with E-state index in [0.29, 0.717) is 0 Å². The lowest BCUT2D eigenvalue weighted by Crippen LogP contribution is -2.47. The maximum Gasteiger partial charge on any atom is 0.0108 e. The zero-order chi connectivity index (χ0) is 12.1. The molecule has 2 saturated heterocycles. The minimum absolute atomic E-state index is 0.830. The zero-order valence-corrected chi connectivity index (χ0v) is 11.8. The van der Waals surface area contributed by atoms with Gasteiger partial charge < -0.3 is 10.2 Å². The lowest BCUT2D eigenvalue weighted by Gasteiger charge is -2.40. The van der Waals surface area contributed by atoms with Gasteiger partial charge in [-0.05, 0) is 57.5 Å². The molecule has 0 radical (unpaired) electrons. The van der Waals surface area contributed by atoms with E-state index in [1.807, 2.05) is 0 Å². The van der Waals surface area contributed by atoms with Gasteiger partial charge in [0.25, 0.3) is 0 Å². The molecule has 3 unspecified atom stereocenters. The molecule has 0 aromatic carbocycles. The molecule has 2 fully saturated rings. The molecular formula is C15H30N2. The minimum atomic E-state index is 0.830. The summed E-state index contributed by atoms with van der Waals surface area (Å²) in [5.41, 5.74) is 0. The minimum Gasteiger partial charge on any atom is -0.314 e. The largest absolute Gasteiger partial charge is 0.314 e. The van der Waals surface area contributed by atoms with Crippen molar-refractivity contribution in [2.24, 2.45) is 5.92 Å². The average molecular weight is 238 g/mol. The molecule has 2 rings (SSSR count). The Kier molecular flexibility index (Phi) is 5.30. The summed E-state index contributed by atoms with van der Waals surface area (Å²) in [6.07, 6.45) is 9.75. The van der Waals surface area contributed by atoms with Crippen LogP contribution in [0.2, 0.25) is 0 Å². The third-order valence-corrected chi connectivity index (χ3v) is 4.77. The Morgan fingerprint density at radius 1 is 1.24 bits per heavy atom. The molecule has 100 valence electrons. The van der Waals surface area contributed by atoms with Gasteiger partial charge in [-0.1, -0.05) is 20.3 Å². The molecule has 0 spiro atoms. The molecule has 0 bridgehead atoms. The number of likely N-dealkylation sites (tertiary alicyclic amines) is 1. The van der Waals surface area contributed by atoms with Crippen LogP contribution in [-0.2, 0) is 0 Å². The molecule has 0 aliphatic carbocycles. The molecular weight excluding hydrogens is 208 g/mol. The van der Waals surface area contributed by atoms with Gasteiger partial charge in [0.15, 0.2) is 0 Å². The summed E-state index contributed by atoms with van der Waals surface area (Å²) < 4.78 is 0. The van der Waals surface area contributed by atoms with E-state index in [1.54, 1.807) is 0 Å². The molecule has 0 aromatic rings. The van der Waals surface area contributed by atoms with Gasteiger partial charge in [-0.2, -0.15) is 0 Å². The Morgan fingerprint density at radius 3 is 2.76 bits per heavy atom. The second-order valence-electron chi connectivity index (χ2n) is 5.95. The fourth-order valence-electron chi connectivity index (χ4n) is 3.79. The molecule has 2 aliphatic rings. The Balaban J connectivity index is 1.86. The van der Waals surface area contributed by atoms with Gasteiger partial charge in [0.1, 0.15) is 0 Å². The van der Waals surface area contributed by atoms with E-state index in [0.717, 1.165) is 18.0 Å². The lowest BCUT2D eigenvalue weighted by atomic mass is 9.88. The molecule has 0 saturated carbocycles. The summed E-state index contributed by atoms with van der Waals surface area (Å²) in [4.78, 5) is 2.79. The van der Waals surface area contributed by atoms with Crippen molar-refractivity contribution in [3.63, 3.8) is 0 Å². The topological polar surface area (TPSA) is 15.3 Å². The first-order valence-corrected chi connectivity index (χ1v) is 7.82. The Labute approximate surface area is 107 Å². The van der Waals surface area contributed by atoms with Crippen LogP contribution in [0, 0.1) is 5.92 Å². The maximum atomic E-state index is 3.71. The molecule has 2 heterocycles. The molecule has 0 amide bonds. The first kappa shape index (κ1) is 13.4. The van der Waals surface area contributed by atoms with Crippen LogP contribution >= 0.6 is 0 Å². The second kappa shape index (κ2) is 6.75. The van der Waals surface area contributed by atoms with E-state index in [9.17, 15) is 0 Å². The van der Waals surface area contributed by atoms with Crippen molar-refractivity contribution in [2.75, 3.05) is 19.6 Å². The van der Waals surface area contributed by atoms with Gasteiger partial charge in [-0.15, -0.1) is 0 Å². The second-order valence-corrected chi connectivity index (χ2v) is 5.95. The Morgan fingerprint density at radius 2 is 2.12 bits per heavy atom. The third kappa shape index (κ3) is 3.45. The standard InChI is InChI=1S/C15H30N2/c1-3-7-14(4-2)17-11-6-8-13(12-17)15-9-5-10-16-15/h13-16H,3-12H2,1-2H3. The number of hydrogen-bond acceptors (Lipinski definition) is 2. The van der Waals surface area contributed by atoms with Gasteiger partial charge in [-0.3, -0.25) is 0 Å². The molecule has 17 heavy (non-hydrogen) atoms. The highest BCUT2D eigenvalue weighted by Crippen LogP contribution is 2.27. The van der Waals surface area contributed by atoms with Gasteiger partial charge >= 0.3 is 0 Å². The van der Waals surface area contributed by atoms with Crippen LogP contribution in [0.1, 0.15) is 58.8 Å². The quantitative estimate of drug-likeness (QED) is 0.792. The van der Waals surface area contributed by atoms with Crippen molar-refractivity contribution in [3.05, 3.63) is 0 Å². The summed E-state index contributed by atoms with van der Waals surface area (Å²) >= 11 is 0. The van der Waals surface area contributed by atoms with Gasteiger partial charge in [0.05, 0.1) is 0 Å². The van der Waals surface area contributed by atoms with Crippen LogP contribution in [0.15, 0.2) is 0 Å². The molecule has 1 N–H and O–H groups in total. The van der Waals surface area contributed by atoms with Crippen LogP contribution < -0.4 is 5.32 Å². The molecule has 0 aromatic heterocycles. The number of rotatable bonds is 5. The number of hydrogen-bond donors (Lipinski definition) is 1. The SMILES string of the molecule is CCCC(CC)N1CCCC(C2CCCN2)C1. The van der Waals surface area contributed by atoms with E-state index >= 15 is 0 Å². The number of nitrogens with zero attached hydrogens (tertiary/aromatic N) is 1. The molecule has 3 atom stereocenters. The van der Waals surface area contributed by atoms with Crippen molar-refractivity contribution in [2.45, 2.75) is 70.9 Å². The average Bonchev–Trinajstić information content (AvgIpc) is 2.90. The first-order valence-electron chi connectivity index (χ1n) is 7.82. The van der Waals surface area contributed by atoms with Crippen molar-refractivity contribution in [3.8, 4) is 0 Å². The summed E-state index contributed by atoms with van der Waals surface area (Å²) in [7, 11) is 0. The predicted molar refractivity (Wildman–Crippen MR) is 74.3 cm³/mol. The first-order chi connectivity index (χ1) is 8.35. The van der Waals surface area contributed by atoms with E-state index in [1.165, 1.54) is 64.6 Å². The smallest absolute Gasteiger partial charge is 0.0108 e. The highest BCUT2D eigenvalue weighted by Gasteiger charge is 2.30. The highest BCUT2D eigenvalue weighted by atomic mass is 15.2. The fourth-order valence-corrected chi connectivity index (χ4v) is 3.79. The van der Waals surface area contributed by atoms with Crippen LogP contribution in [0.4, 0.5) is 0 Å². The molecule has 2 aliphatic heterocycles. The third-order valence-electron chi connectivity index (χ3n) is 4.77. The number of nitrogens with one attached hydrogen (secondary N) is 1. The maximum absolute atomic E-state index is 3.71.